The molecule has 102 valence electrons. The van der Waals surface area contributed by atoms with E-state index in [0.29, 0.717) is 6.54 Å². The van der Waals surface area contributed by atoms with E-state index >= 15 is 0 Å². The summed E-state index contributed by atoms with van der Waals surface area (Å²) in [5, 5.41) is 2.85. The SMILES string of the molecule is CSCCCNC(=O)C(N)c1ccc(C)cc1.Cl. The highest BCUT2D eigenvalue weighted by molar-refractivity contribution is 7.98. The molecule has 1 aromatic rings. The van der Waals surface area contributed by atoms with E-state index in [4.69, 9.17) is 5.73 Å². The molecule has 0 bridgehead atoms. The van der Waals surface area contributed by atoms with Gasteiger partial charge in [-0.3, -0.25) is 4.79 Å². The first-order chi connectivity index (χ1) is 8.15. The topological polar surface area (TPSA) is 55.1 Å². The largest absolute Gasteiger partial charge is 0.354 e. The number of carbonyl (C=O) groups excluding carboxylic acids is 1. The fraction of sp³-hybridized carbons (Fsp3) is 0.462. The minimum absolute atomic E-state index is 0. The molecule has 0 aliphatic rings. The lowest BCUT2D eigenvalue weighted by atomic mass is 10.1. The predicted molar refractivity (Wildman–Crippen MR) is 81.4 cm³/mol. The first kappa shape index (κ1) is 17.3. The molecule has 0 aromatic heterocycles. The van der Waals surface area contributed by atoms with Crippen LogP contribution in [0.5, 0.6) is 0 Å². The third-order valence-corrected chi connectivity index (χ3v) is 3.24. The maximum Gasteiger partial charge on any atom is 0.241 e. The van der Waals surface area contributed by atoms with Crippen LogP contribution in [0, 0.1) is 6.92 Å². The molecule has 0 fully saturated rings. The van der Waals surface area contributed by atoms with Crippen LogP contribution in [0.2, 0.25) is 0 Å². The van der Waals surface area contributed by atoms with Crippen molar-refractivity contribution in [3.63, 3.8) is 0 Å². The molecule has 3 nitrogen and oxygen atoms in total. The summed E-state index contributed by atoms with van der Waals surface area (Å²) in [4.78, 5) is 11.7. The summed E-state index contributed by atoms with van der Waals surface area (Å²) in [6, 6.07) is 7.18. The van der Waals surface area contributed by atoms with Gasteiger partial charge in [-0.15, -0.1) is 12.4 Å². The Kier molecular flexibility index (Phi) is 8.89. The van der Waals surface area contributed by atoms with Crippen molar-refractivity contribution >= 4 is 30.1 Å². The summed E-state index contributed by atoms with van der Waals surface area (Å²) in [6.07, 6.45) is 3.04. The number of amides is 1. The van der Waals surface area contributed by atoms with Crippen molar-refractivity contribution in [1.82, 2.24) is 5.32 Å². The molecule has 0 aliphatic heterocycles. The quantitative estimate of drug-likeness (QED) is 0.790. The number of hydrogen-bond donors (Lipinski definition) is 2. The monoisotopic (exact) mass is 288 g/mol. The normalized spacial score (nSPS) is 11.5. The van der Waals surface area contributed by atoms with Crippen LogP contribution in [0.3, 0.4) is 0 Å². The van der Waals surface area contributed by atoms with Crippen LogP contribution in [0.15, 0.2) is 24.3 Å². The maximum atomic E-state index is 11.7. The Hall–Kier alpha value is -0.710. The van der Waals surface area contributed by atoms with Crippen molar-refractivity contribution in [1.29, 1.82) is 0 Å². The average Bonchev–Trinajstić information content (AvgIpc) is 2.34. The van der Waals surface area contributed by atoms with Crippen LogP contribution in [-0.2, 0) is 4.79 Å². The molecule has 1 atom stereocenters. The third-order valence-electron chi connectivity index (χ3n) is 2.54. The zero-order valence-corrected chi connectivity index (χ0v) is 12.4. The van der Waals surface area contributed by atoms with Crippen LogP contribution >= 0.6 is 24.2 Å². The fourth-order valence-corrected chi connectivity index (χ4v) is 1.90. The Morgan fingerprint density at radius 2 is 2.00 bits per heavy atom. The molecular weight excluding hydrogens is 268 g/mol. The third kappa shape index (κ3) is 5.76. The highest BCUT2D eigenvalue weighted by Gasteiger charge is 2.14. The summed E-state index contributed by atoms with van der Waals surface area (Å²) in [5.41, 5.74) is 7.91. The number of rotatable bonds is 6. The van der Waals surface area contributed by atoms with Crippen LogP contribution in [0.4, 0.5) is 0 Å². The second-order valence-electron chi connectivity index (χ2n) is 4.03. The van der Waals surface area contributed by atoms with Gasteiger partial charge in [0.25, 0.3) is 0 Å². The zero-order chi connectivity index (χ0) is 12.7. The zero-order valence-electron chi connectivity index (χ0n) is 10.8. The lowest BCUT2D eigenvalue weighted by Crippen LogP contribution is -2.34. The lowest BCUT2D eigenvalue weighted by Gasteiger charge is -2.12. The van der Waals surface area contributed by atoms with Crippen LogP contribution in [-0.4, -0.2) is 24.5 Å². The van der Waals surface area contributed by atoms with Crippen molar-refractivity contribution in [2.24, 2.45) is 5.73 Å². The van der Waals surface area contributed by atoms with Crippen molar-refractivity contribution in [3.8, 4) is 0 Å². The van der Waals surface area contributed by atoms with E-state index < -0.39 is 6.04 Å². The van der Waals surface area contributed by atoms with Crippen LogP contribution in [0.1, 0.15) is 23.6 Å². The highest BCUT2D eigenvalue weighted by Crippen LogP contribution is 2.11. The molecule has 5 heteroatoms. The van der Waals surface area contributed by atoms with Gasteiger partial charge < -0.3 is 11.1 Å². The number of benzene rings is 1. The Morgan fingerprint density at radius 3 is 2.56 bits per heavy atom. The van der Waals surface area contributed by atoms with E-state index in [1.807, 2.05) is 31.2 Å². The van der Waals surface area contributed by atoms with Gasteiger partial charge in [-0.1, -0.05) is 29.8 Å². The molecule has 0 saturated heterocycles. The van der Waals surface area contributed by atoms with E-state index in [1.165, 1.54) is 5.56 Å². The molecule has 0 saturated carbocycles. The molecule has 1 rings (SSSR count). The lowest BCUT2D eigenvalue weighted by molar-refractivity contribution is -0.122. The average molecular weight is 289 g/mol. The molecule has 3 N–H and O–H groups in total. The molecule has 1 aromatic carbocycles. The molecule has 0 heterocycles. The first-order valence-corrected chi connectivity index (χ1v) is 7.13. The number of thioether (sulfide) groups is 1. The second kappa shape index (κ2) is 9.25. The van der Waals surface area contributed by atoms with E-state index in [9.17, 15) is 4.79 Å². The van der Waals surface area contributed by atoms with Gasteiger partial charge in [0.15, 0.2) is 0 Å². The van der Waals surface area contributed by atoms with Gasteiger partial charge in [-0.05, 0) is 30.9 Å². The Morgan fingerprint density at radius 1 is 1.39 bits per heavy atom. The number of carbonyl (C=O) groups is 1. The van der Waals surface area contributed by atoms with Gasteiger partial charge in [0, 0.05) is 6.54 Å². The van der Waals surface area contributed by atoms with Gasteiger partial charge in [-0.25, -0.2) is 0 Å². The standard InChI is InChI=1S/C13H20N2OS.ClH/c1-10-4-6-11(7-5-10)12(14)13(16)15-8-3-9-17-2;/h4-7,12H,3,8-9,14H2,1-2H3,(H,15,16);1H. The summed E-state index contributed by atoms with van der Waals surface area (Å²) in [7, 11) is 0. The first-order valence-electron chi connectivity index (χ1n) is 5.74. The number of halogens is 1. The van der Waals surface area contributed by atoms with E-state index in [2.05, 4.69) is 11.6 Å². The van der Waals surface area contributed by atoms with Gasteiger partial charge in [0.2, 0.25) is 5.91 Å². The van der Waals surface area contributed by atoms with E-state index in [0.717, 1.165) is 17.7 Å². The van der Waals surface area contributed by atoms with Gasteiger partial charge in [0.05, 0.1) is 0 Å². The molecule has 18 heavy (non-hydrogen) atoms. The van der Waals surface area contributed by atoms with Crippen molar-refractivity contribution in [2.75, 3.05) is 18.6 Å². The van der Waals surface area contributed by atoms with Gasteiger partial charge in [-0.2, -0.15) is 11.8 Å². The summed E-state index contributed by atoms with van der Waals surface area (Å²) in [5.74, 6) is 0.954. The number of nitrogens with two attached hydrogens (primary N) is 1. The van der Waals surface area contributed by atoms with Crippen molar-refractivity contribution < 1.29 is 4.79 Å². The highest BCUT2D eigenvalue weighted by atomic mass is 35.5. The van der Waals surface area contributed by atoms with Crippen LogP contribution in [0.25, 0.3) is 0 Å². The summed E-state index contributed by atoms with van der Waals surface area (Å²) >= 11 is 1.78. The van der Waals surface area contributed by atoms with Crippen molar-refractivity contribution in [3.05, 3.63) is 35.4 Å². The van der Waals surface area contributed by atoms with E-state index in [1.54, 1.807) is 11.8 Å². The van der Waals surface area contributed by atoms with Crippen molar-refractivity contribution in [2.45, 2.75) is 19.4 Å². The summed E-state index contributed by atoms with van der Waals surface area (Å²) in [6.45, 7) is 2.71. The Bertz CT molecular complexity index is 357. The smallest absolute Gasteiger partial charge is 0.241 e. The molecule has 1 amide bonds. The molecule has 0 spiro atoms. The van der Waals surface area contributed by atoms with E-state index in [-0.39, 0.29) is 18.3 Å². The molecule has 0 aliphatic carbocycles. The molecular formula is C13H21ClN2OS. The number of aryl methyl sites for hydroxylation is 1. The minimum atomic E-state index is -0.565. The Balaban J connectivity index is 0.00000289. The van der Waals surface area contributed by atoms with Gasteiger partial charge >= 0.3 is 0 Å². The van der Waals surface area contributed by atoms with Crippen LogP contribution < -0.4 is 11.1 Å². The Labute approximate surface area is 119 Å². The number of nitrogens with one attached hydrogen (secondary N) is 1. The second-order valence-corrected chi connectivity index (χ2v) is 5.01. The minimum Gasteiger partial charge on any atom is -0.354 e. The maximum absolute atomic E-state index is 11.7. The molecule has 0 radical (unpaired) electrons. The predicted octanol–water partition coefficient (Wildman–Crippen LogP) is 2.29. The fourth-order valence-electron chi connectivity index (χ4n) is 1.46. The number of hydrogen-bond acceptors (Lipinski definition) is 3. The molecule has 1 unspecified atom stereocenters. The van der Waals surface area contributed by atoms with Gasteiger partial charge in [0.1, 0.15) is 6.04 Å². The summed E-state index contributed by atoms with van der Waals surface area (Å²) < 4.78 is 0.